The van der Waals surface area contributed by atoms with Crippen molar-refractivity contribution in [2.45, 2.75) is 6.04 Å². The van der Waals surface area contributed by atoms with Crippen LogP contribution in [0.4, 0.5) is 0 Å². The topological polar surface area (TPSA) is 63.0 Å². The Morgan fingerprint density at radius 3 is 2.44 bits per heavy atom. The molecular weight excluding hydrogens is 404 g/mol. The lowest BCUT2D eigenvalue weighted by Crippen LogP contribution is -2.35. The van der Waals surface area contributed by atoms with Crippen molar-refractivity contribution in [1.82, 2.24) is 9.80 Å². The minimum Gasteiger partial charge on any atom is -0.497 e. The molecule has 1 aliphatic heterocycles. The van der Waals surface area contributed by atoms with Gasteiger partial charge in [0.25, 0.3) is 5.91 Å². The Bertz CT molecular complexity index is 1390. The number of hydrogen-bond acceptors (Lipinski definition) is 5. The highest BCUT2D eigenvalue weighted by Gasteiger charge is 2.42. The van der Waals surface area contributed by atoms with Gasteiger partial charge in [0.15, 0.2) is 5.43 Å². The van der Waals surface area contributed by atoms with Crippen molar-refractivity contribution >= 4 is 27.6 Å². The molecule has 0 saturated carbocycles. The van der Waals surface area contributed by atoms with E-state index in [1.54, 1.807) is 18.1 Å². The number of fused-ring (bicyclic) bond motifs is 4. The molecule has 0 fully saturated rings. The van der Waals surface area contributed by atoms with Gasteiger partial charge < -0.3 is 19.0 Å². The monoisotopic (exact) mass is 428 g/mol. The Hall–Kier alpha value is -3.64. The summed E-state index contributed by atoms with van der Waals surface area (Å²) in [6, 6.07) is 18.4. The van der Waals surface area contributed by atoms with Crippen LogP contribution < -0.4 is 10.2 Å². The average molecular weight is 428 g/mol. The SMILES string of the molecule is COc1ccc(C2c3c(oc4c(ccc5ccccc54)c3=O)C(=O)N2CCN(C)C)cc1. The zero-order valence-corrected chi connectivity index (χ0v) is 18.3. The Morgan fingerprint density at radius 2 is 1.72 bits per heavy atom. The molecule has 1 aliphatic rings. The largest absolute Gasteiger partial charge is 0.497 e. The number of rotatable bonds is 5. The molecule has 0 bridgehead atoms. The van der Waals surface area contributed by atoms with E-state index in [4.69, 9.17) is 9.15 Å². The number of carbonyl (C=O) groups excluding carboxylic acids is 1. The molecule has 0 spiro atoms. The average Bonchev–Trinajstić information content (AvgIpc) is 3.09. The zero-order valence-electron chi connectivity index (χ0n) is 18.3. The number of ether oxygens (including phenoxy) is 1. The van der Waals surface area contributed by atoms with Crippen LogP contribution in [0.25, 0.3) is 21.7 Å². The highest BCUT2D eigenvalue weighted by atomic mass is 16.5. The first-order valence-corrected chi connectivity index (χ1v) is 10.6. The highest BCUT2D eigenvalue weighted by Crippen LogP contribution is 2.39. The third-order valence-electron chi connectivity index (χ3n) is 6.08. The van der Waals surface area contributed by atoms with Crippen LogP contribution in [-0.4, -0.2) is 50.0 Å². The van der Waals surface area contributed by atoms with E-state index < -0.39 is 6.04 Å². The van der Waals surface area contributed by atoms with Crippen molar-refractivity contribution in [3.05, 3.63) is 87.8 Å². The Balaban J connectivity index is 1.75. The summed E-state index contributed by atoms with van der Waals surface area (Å²) in [6.45, 7) is 1.15. The number of likely N-dealkylation sites (N-methyl/N-ethyl adjacent to an activating group) is 1. The molecule has 5 rings (SSSR count). The van der Waals surface area contributed by atoms with Crippen molar-refractivity contribution in [3.63, 3.8) is 0 Å². The normalized spacial score (nSPS) is 15.7. The van der Waals surface area contributed by atoms with Crippen LogP contribution in [0.3, 0.4) is 0 Å². The van der Waals surface area contributed by atoms with Crippen molar-refractivity contribution < 1.29 is 13.9 Å². The summed E-state index contributed by atoms with van der Waals surface area (Å²) in [4.78, 5) is 31.0. The summed E-state index contributed by atoms with van der Waals surface area (Å²) in [5.74, 6) is 0.600. The Kier molecular flexibility index (Phi) is 4.94. The molecular formula is C26H24N2O4. The van der Waals surface area contributed by atoms with E-state index in [1.165, 1.54) is 0 Å². The number of methoxy groups -OCH3 is 1. The molecule has 162 valence electrons. The van der Waals surface area contributed by atoms with Crippen LogP contribution >= 0.6 is 0 Å². The van der Waals surface area contributed by atoms with Crippen LogP contribution in [0.2, 0.25) is 0 Å². The van der Waals surface area contributed by atoms with Gasteiger partial charge in [0.05, 0.1) is 24.1 Å². The fourth-order valence-electron chi connectivity index (χ4n) is 4.42. The molecule has 1 amide bonds. The zero-order chi connectivity index (χ0) is 22.4. The fourth-order valence-corrected chi connectivity index (χ4v) is 4.42. The van der Waals surface area contributed by atoms with E-state index >= 15 is 0 Å². The van der Waals surface area contributed by atoms with Crippen LogP contribution in [0, 0.1) is 0 Å². The van der Waals surface area contributed by atoms with Gasteiger partial charge >= 0.3 is 0 Å². The lowest BCUT2D eigenvalue weighted by Gasteiger charge is -2.26. The first-order valence-electron chi connectivity index (χ1n) is 10.6. The molecule has 4 aromatic rings. The molecule has 32 heavy (non-hydrogen) atoms. The van der Waals surface area contributed by atoms with Gasteiger partial charge in [0.1, 0.15) is 11.3 Å². The Morgan fingerprint density at radius 1 is 0.969 bits per heavy atom. The second kappa shape index (κ2) is 7.80. The second-order valence-electron chi connectivity index (χ2n) is 8.31. The number of benzene rings is 3. The standard InChI is InChI=1S/C26H24N2O4/c1-27(2)14-15-28-22(17-8-11-18(31-3)12-9-17)21-23(29)20-13-10-16-6-4-5-7-19(16)24(20)32-25(21)26(28)30/h4-13,22H,14-15H2,1-3H3. The van der Waals surface area contributed by atoms with Crippen LogP contribution in [0.1, 0.15) is 27.7 Å². The fraction of sp³-hybridized carbons (Fsp3) is 0.231. The van der Waals surface area contributed by atoms with Gasteiger partial charge in [-0.05, 0) is 43.2 Å². The van der Waals surface area contributed by atoms with Gasteiger partial charge in [-0.1, -0.05) is 42.5 Å². The molecule has 0 N–H and O–H groups in total. The molecule has 0 aliphatic carbocycles. The van der Waals surface area contributed by atoms with Gasteiger partial charge in [0, 0.05) is 18.5 Å². The van der Waals surface area contributed by atoms with Crippen LogP contribution in [-0.2, 0) is 0 Å². The summed E-state index contributed by atoms with van der Waals surface area (Å²) < 4.78 is 11.5. The van der Waals surface area contributed by atoms with E-state index in [2.05, 4.69) is 0 Å². The molecule has 0 radical (unpaired) electrons. The smallest absolute Gasteiger partial charge is 0.290 e. The van der Waals surface area contributed by atoms with Gasteiger partial charge in [-0.15, -0.1) is 0 Å². The molecule has 6 heteroatoms. The summed E-state index contributed by atoms with van der Waals surface area (Å²) >= 11 is 0. The molecule has 3 aromatic carbocycles. The van der Waals surface area contributed by atoms with E-state index in [-0.39, 0.29) is 17.1 Å². The van der Waals surface area contributed by atoms with Gasteiger partial charge in [-0.2, -0.15) is 0 Å². The maximum atomic E-state index is 13.7. The molecule has 2 heterocycles. The second-order valence-corrected chi connectivity index (χ2v) is 8.31. The quantitative estimate of drug-likeness (QED) is 0.449. The van der Waals surface area contributed by atoms with E-state index in [9.17, 15) is 9.59 Å². The molecule has 1 unspecified atom stereocenters. The maximum Gasteiger partial charge on any atom is 0.290 e. The van der Waals surface area contributed by atoms with Crippen LogP contribution in [0.5, 0.6) is 5.75 Å². The van der Waals surface area contributed by atoms with Crippen molar-refractivity contribution in [2.24, 2.45) is 0 Å². The van der Waals surface area contributed by atoms with E-state index in [0.29, 0.717) is 29.6 Å². The van der Waals surface area contributed by atoms with Crippen LogP contribution in [0.15, 0.2) is 69.9 Å². The van der Waals surface area contributed by atoms with E-state index in [1.807, 2.05) is 73.6 Å². The summed E-state index contributed by atoms with van der Waals surface area (Å²) in [7, 11) is 5.53. The predicted octanol–water partition coefficient (Wildman–Crippen LogP) is 4.06. The number of hydrogen-bond donors (Lipinski definition) is 0. The molecule has 1 aromatic heterocycles. The predicted molar refractivity (Wildman–Crippen MR) is 124 cm³/mol. The first-order chi connectivity index (χ1) is 15.5. The summed E-state index contributed by atoms with van der Waals surface area (Å²) in [5.41, 5.74) is 1.56. The van der Waals surface area contributed by atoms with Crippen molar-refractivity contribution in [1.29, 1.82) is 0 Å². The van der Waals surface area contributed by atoms with Crippen molar-refractivity contribution in [3.8, 4) is 5.75 Å². The van der Waals surface area contributed by atoms with Crippen molar-refractivity contribution in [2.75, 3.05) is 34.3 Å². The van der Waals surface area contributed by atoms with Gasteiger partial charge in [0.2, 0.25) is 5.76 Å². The number of amides is 1. The number of nitrogens with zero attached hydrogens (tertiary/aromatic N) is 2. The molecule has 6 nitrogen and oxygen atoms in total. The van der Waals surface area contributed by atoms with Gasteiger partial charge in [-0.25, -0.2) is 0 Å². The molecule has 0 saturated heterocycles. The Labute approximate surface area is 185 Å². The van der Waals surface area contributed by atoms with E-state index in [0.717, 1.165) is 22.1 Å². The minimum absolute atomic E-state index is 0.137. The highest BCUT2D eigenvalue weighted by molar-refractivity contribution is 6.06. The summed E-state index contributed by atoms with van der Waals surface area (Å²) in [5, 5.41) is 2.28. The first kappa shape index (κ1) is 20.3. The maximum absolute atomic E-state index is 13.7. The molecule has 1 atom stereocenters. The summed E-state index contributed by atoms with van der Waals surface area (Å²) in [6.07, 6.45) is 0. The number of carbonyl (C=O) groups is 1. The third kappa shape index (κ3) is 3.15. The lowest BCUT2D eigenvalue weighted by atomic mass is 9.97. The lowest BCUT2D eigenvalue weighted by molar-refractivity contribution is 0.0716. The van der Waals surface area contributed by atoms with Gasteiger partial charge in [-0.3, -0.25) is 9.59 Å². The third-order valence-corrected chi connectivity index (χ3v) is 6.08. The minimum atomic E-state index is -0.504.